The second-order valence-corrected chi connectivity index (χ2v) is 33.4. The fourth-order valence-corrected chi connectivity index (χ4v) is 14.3. The number of rotatable bonds is 81. The topological polar surface area (TPSA) is 237 Å². The zero-order valence-corrected chi connectivity index (χ0v) is 68.0. The van der Waals surface area contributed by atoms with E-state index in [1.165, 1.54) is 250 Å². The maximum atomic E-state index is 13.1. The van der Waals surface area contributed by atoms with Gasteiger partial charge in [-0.05, 0) is 37.5 Å². The summed E-state index contributed by atoms with van der Waals surface area (Å²) in [7, 11) is -9.92. The zero-order chi connectivity index (χ0) is 74.2. The van der Waals surface area contributed by atoms with Gasteiger partial charge in [-0.2, -0.15) is 0 Å². The van der Waals surface area contributed by atoms with E-state index in [0.717, 1.165) is 102 Å². The summed E-state index contributed by atoms with van der Waals surface area (Å²) in [4.78, 5) is 73.1. The van der Waals surface area contributed by atoms with Gasteiger partial charge >= 0.3 is 39.5 Å². The highest BCUT2D eigenvalue weighted by Crippen LogP contribution is 2.45. The molecule has 0 aliphatic rings. The Morgan fingerprint density at radius 3 is 0.673 bits per heavy atom. The molecule has 17 nitrogen and oxygen atoms in total. The molecule has 0 radical (unpaired) electrons. The van der Waals surface area contributed by atoms with E-state index in [2.05, 4.69) is 41.5 Å². The van der Waals surface area contributed by atoms with E-state index in [4.69, 9.17) is 37.0 Å². The number of carbonyl (C=O) groups is 4. The number of hydrogen-bond donors (Lipinski definition) is 3. The van der Waals surface area contributed by atoms with Crippen LogP contribution in [0.1, 0.15) is 433 Å². The first-order valence-corrected chi connectivity index (χ1v) is 45.5. The minimum atomic E-state index is -4.96. The number of hydrogen-bond acceptors (Lipinski definition) is 15. The van der Waals surface area contributed by atoms with Crippen molar-refractivity contribution in [1.29, 1.82) is 0 Å². The Hall–Kier alpha value is -1.94. The average Bonchev–Trinajstić information content (AvgIpc) is 0.970. The molecule has 5 atom stereocenters. The minimum absolute atomic E-state index is 0.107. The number of aliphatic hydroxyl groups excluding tert-OH is 1. The van der Waals surface area contributed by atoms with Crippen molar-refractivity contribution in [3.05, 3.63) is 0 Å². The number of ether oxygens (including phenoxy) is 4. The van der Waals surface area contributed by atoms with Crippen LogP contribution in [0.3, 0.4) is 0 Å². The third-order valence-electron chi connectivity index (χ3n) is 19.2. The maximum absolute atomic E-state index is 13.1. The van der Waals surface area contributed by atoms with Crippen LogP contribution in [0, 0.1) is 11.8 Å². The first kappa shape index (κ1) is 99.1. The number of phosphoric acid groups is 2. The van der Waals surface area contributed by atoms with Gasteiger partial charge in [-0.15, -0.1) is 0 Å². The number of unbranched alkanes of at least 4 members (excludes halogenated alkanes) is 51. The summed E-state index contributed by atoms with van der Waals surface area (Å²) in [6.07, 6.45) is 63.8. The van der Waals surface area contributed by atoms with Crippen molar-refractivity contribution in [1.82, 2.24) is 0 Å². The molecule has 0 aromatic carbocycles. The van der Waals surface area contributed by atoms with Gasteiger partial charge < -0.3 is 33.8 Å². The number of aliphatic hydroxyl groups is 1. The van der Waals surface area contributed by atoms with Crippen LogP contribution in [0.2, 0.25) is 0 Å². The van der Waals surface area contributed by atoms with Crippen molar-refractivity contribution >= 4 is 39.5 Å². The molecule has 0 saturated carbocycles. The molecule has 0 aromatic heterocycles. The Balaban J connectivity index is 5.24. The predicted octanol–water partition coefficient (Wildman–Crippen LogP) is 24.7. The van der Waals surface area contributed by atoms with E-state index in [1.807, 2.05) is 0 Å². The van der Waals surface area contributed by atoms with Crippen LogP contribution in [-0.2, 0) is 65.4 Å². The van der Waals surface area contributed by atoms with Crippen molar-refractivity contribution in [2.24, 2.45) is 11.8 Å². The van der Waals surface area contributed by atoms with Gasteiger partial charge in [-0.3, -0.25) is 37.3 Å². The number of phosphoric ester groups is 2. The summed E-state index contributed by atoms with van der Waals surface area (Å²) < 4.78 is 68.8. The van der Waals surface area contributed by atoms with E-state index in [0.29, 0.717) is 25.7 Å². The Morgan fingerprint density at radius 2 is 0.455 bits per heavy atom. The lowest BCUT2D eigenvalue weighted by atomic mass is 10.0. The average molecular weight is 1480 g/mol. The molecule has 3 N–H and O–H groups in total. The van der Waals surface area contributed by atoms with Crippen LogP contribution < -0.4 is 0 Å². The Bertz CT molecular complexity index is 1940. The summed E-state index contributed by atoms with van der Waals surface area (Å²) in [5.74, 6) is -0.550. The van der Waals surface area contributed by atoms with Gasteiger partial charge in [0.25, 0.3) is 0 Å². The van der Waals surface area contributed by atoms with Gasteiger partial charge in [0.15, 0.2) is 12.2 Å². The summed E-state index contributed by atoms with van der Waals surface area (Å²) in [6.45, 7) is 9.66. The van der Waals surface area contributed by atoms with E-state index in [-0.39, 0.29) is 25.7 Å². The van der Waals surface area contributed by atoms with Crippen molar-refractivity contribution in [3.63, 3.8) is 0 Å². The number of esters is 4. The Labute approximate surface area is 619 Å². The van der Waals surface area contributed by atoms with Gasteiger partial charge in [0.05, 0.1) is 26.4 Å². The molecule has 0 fully saturated rings. The summed E-state index contributed by atoms with van der Waals surface area (Å²) in [6, 6.07) is 0. The molecule has 0 spiro atoms. The molecule has 0 aliphatic carbocycles. The molecule has 101 heavy (non-hydrogen) atoms. The molecule has 2 unspecified atom stereocenters. The molecule has 0 aliphatic heterocycles. The molecule has 0 rings (SSSR count). The van der Waals surface area contributed by atoms with E-state index >= 15 is 0 Å². The lowest BCUT2D eigenvalue weighted by molar-refractivity contribution is -0.161. The van der Waals surface area contributed by atoms with Crippen molar-refractivity contribution in [3.8, 4) is 0 Å². The lowest BCUT2D eigenvalue weighted by Gasteiger charge is -2.21. The Kier molecular flexibility index (Phi) is 72.2. The first-order valence-electron chi connectivity index (χ1n) is 42.5. The van der Waals surface area contributed by atoms with Gasteiger partial charge in [0.1, 0.15) is 19.3 Å². The van der Waals surface area contributed by atoms with E-state index < -0.39 is 97.5 Å². The van der Waals surface area contributed by atoms with Crippen LogP contribution in [0.4, 0.5) is 0 Å². The van der Waals surface area contributed by atoms with Crippen molar-refractivity contribution in [2.75, 3.05) is 39.6 Å². The van der Waals surface area contributed by atoms with Gasteiger partial charge in [-0.25, -0.2) is 9.13 Å². The van der Waals surface area contributed by atoms with Crippen LogP contribution >= 0.6 is 15.6 Å². The second-order valence-electron chi connectivity index (χ2n) is 30.5. The van der Waals surface area contributed by atoms with E-state index in [1.54, 1.807) is 0 Å². The van der Waals surface area contributed by atoms with Crippen LogP contribution in [0.5, 0.6) is 0 Å². The van der Waals surface area contributed by atoms with Gasteiger partial charge in [0.2, 0.25) is 0 Å². The summed E-state index contributed by atoms with van der Waals surface area (Å²) in [5.41, 5.74) is 0. The summed E-state index contributed by atoms with van der Waals surface area (Å²) >= 11 is 0. The van der Waals surface area contributed by atoms with Crippen molar-refractivity contribution < 1.29 is 80.2 Å². The molecular weight excluding hydrogens is 1320 g/mol. The van der Waals surface area contributed by atoms with E-state index in [9.17, 15) is 43.2 Å². The fourth-order valence-electron chi connectivity index (χ4n) is 12.7. The normalized spacial score (nSPS) is 13.9. The molecule has 0 amide bonds. The highest BCUT2D eigenvalue weighted by molar-refractivity contribution is 7.47. The third-order valence-corrected chi connectivity index (χ3v) is 21.1. The molecule has 600 valence electrons. The van der Waals surface area contributed by atoms with Crippen LogP contribution in [0.15, 0.2) is 0 Å². The SMILES string of the molecule is CCCCCCCCCCCCCCCCCCCCCCC(=O)O[C@H](COC(=O)CCCCCCCCCCCCCCCC(C)C)COP(=O)(O)OC[C@@H](O)COP(=O)(O)OC[C@@H](COC(=O)CCCCCCCCCCCCC)OC(=O)CCCCCCCCCCCCCC(C)C. The maximum Gasteiger partial charge on any atom is 0.472 e. The van der Waals surface area contributed by atoms with Gasteiger partial charge in [-0.1, -0.05) is 382 Å². The molecule has 0 saturated heterocycles. The molecule has 0 aromatic rings. The minimum Gasteiger partial charge on any atom is -0.462 e. The number of carbonyl (C=O) groups excluding carboxylic acids is 4. The highest BCUT2D eigenvalue weighted by atomic mass is 31.2. The molecule has 0 bridgehead atoms. The second kappa shape index (κ2) is 73.6. The quantitative estimate of drug-likeness (QED) is 0.0222. The van der Waals surface area contributed by atoms with Crippen LogP contribution in [0.25, 0.3) is 0 Å². The Morgan fingerprint density at radius 1 is 0.267 bits per heavy atom. The highest BCUT2D eigenvalue weighted by Gasteiger charge is 2.30. The van der Waals surface area contributed by atoms with Crippen molar-refractivity contribution in [2.45, 2.75) is 452 Å². The zero-order valence-electron chi connectivity index (χ0n) is 66.2. The largest absolute Gasteiger partial charge is 0.472 e. The summed E-state index contributed by atoms with van der Waals surface area (Å²) in [5, 5.41) is 10.6. The van der Waals surface area contributed by atoms with Gasteiger partial charge in [0, 0.05) is 25.7 Å². The van der Waals surface area contributed by atoms with Crippen LogP contribution in [-0.4, -0.2) is 96.7 Å². The smallest absolute Gasteiger partial charge is 0.462 e. The predicted molar refractivity (Wildman–Crippen MR) is 414 cm³/mol. The monoisotopic (exact) mass is 1480 g/mol. The molecule has 19 heteroatoms. The molecular formula is C82H160O17P2. The third kappa shape index (κ3) is 76.1. The standard InChI is InChI=1S/C82H160O17P2/c1-7-9-11-13-15-17-19-20-21-22-23-24-25-26-29-36-42-48-54-60-66-81(86)98-78(71-93-80(85)65-59-53-47-41-35-30-27-28-33-38-44-50-56-62-74(3)4)73-97-101(90,91)95-69-76(83)68-94-100(88,89)96-72-77(70-92-79(84)64-58-52-46-40-32-18-16-14-12-10-8-2)99-82(87)67-61-55-49-43-37-31-34-39-45-51-57-63-75(5)6/h74-78,83H,7-73H2,1-6H3,(H,88,89)(H,90,91)/t76-,77+,78+/m0/s1. The molecule has 0 heterocycles. The fraction of sp³-hybridized carbons (Fsp3) is 0.951. The lowest BCUT2D eigenvalue weighted by Crippen LogP contribution is -2.30. The first-order chi connectivity index (χ1) is 48.9.